The molecule has 0 radical (unpaired) electrons. The predicted octanol–water partition coefficient (Wildman–Crippen LogP) is 4.18. The fourth-order valence-electron chi connectivity index (χ4n) is 3.19. The molecule has 1 saturated heterocycles. The lowest BCUT2D eigenvalue weighted by molar-refractivity contribution is 0.0808. The summed E-state index contributed by atoms with van der Waals surface area (Å²) in [4.78, 5) is 0. The molecule has 3 heterocycles. The second-order valence-electron chi connectivity index (χ2n) is 5.11. The fourth-order valence-corrected chi connectivity index (χ4v) is 3.37. The Labute approximate surface area is 116 Å². The van der Waals surface area contributed by atoms with Crippen molar-refractivity contribution in [2.45, 2.75) is 18.6 Å². The molecule has 3 nitrogen and oxygen atoms in total. The molecule has 19 heavy (non-hydrogen) atoms. The first kappa shape index (κ1) is 11.4. The molecule has 1 fully saturated rings. The highest BCUT2D eigenvalue weighted by molar-refractivity contribution is 6.30. The van der Waals surface area contributed by atoms with Crippen molar-refractivity contribution in [3.05, 3.63) is 52.9 Å². The monoisotopic (exact) mass is 275 g/mol. The summed E-state index contributed by atoms with van der Waals surface area (Å²) >= 11 is 6.10. The number of furan rings is 1. The minimum Gasteiger partial charge on any atom is -0.467 e. The fraction of sp³-hybridized carbons (Fsp3) is 0.333. The second-order valence-corrected chi connectivity index (χ2v) is 5.55. The Kier molecular flexibility index (Phi) is 2.57. The van der Waals surface area contributed by atoms with Crippen LogP contribution in [0.15, 0.2) is 41.0 Å². The van der Waals surface area contributed by atoms with Gasteiger partial charge in [0.25, 0.3) is 0 Å². The number of fused-ring (bicyclic) bond motifs is 3. The zero-order chi connectivity index (χ0) is 12.8. The van der Waals surface area contributed by atoms with Crippen molar-refractivity contribution in [3.8, 4) is 0 Å². The maximum Gasteiger partial charge on any atom is 0.126 e. The average Bonchev–Trinajstić information content (AvgIpc) is 3.09. The molecule has 0 aliphatic carbocycles. The minimum atomic E-state index is 0.116. The lowest BCUT2D eigenvalue weighted by atomic mass is 9.83. The molecule has 2 aromatic rings. The van der Waals surface area contributed by atoms with Gasteiger partial charge in [-0.25, -0.2) is 0 Å². The number of hydrogen-bond donors (Lipinski definition) is 1. The van der Waals surface area contributed by atoms with Gasteiger partial charge in [-0.05, 0) is 36.8 Å². The highest BCUT2D eigenvalue weighted by Crippen LogP contribution is 2.50. The zero-order valence-electron chi connectivity index (χ0n) is 10.3. The Morgan fingerprint density at radius 1 is 1.26 bits per heavy atom. The smallest absolute Gasteiger partial charge is 0.126 e. The maximum absolute atomic E-state index is 6.10. The van der Waals surface area contributed by atoms with Gasteiger partial charge < -0.3 is 14.5 Å². The molecule has 0 bridgehead atoms. The second kappa shape index (κ2) is 4.29. The molecule has 1 N–H and O–H groups in total. The topological polar surface area (TPSA) is 34.4 Å². The SMILES string of the molecule is Clc1ccc2c(c1)[C@H]1OCC[C@@H]1[C@H](c1ccco1)N2. The van der Waals surface area contributed by atoms with Gasteiger partial charge in [0.15, 0.2) is 0 Å². The molecule has 0 amide bonds. The standard InChI is InChI=1S/C15H14ClNO2/c16-9-3-4-12-11(8-9)15-10(5-7-19-15)14(17-12)13-2-1-6-18-13/h1-4,6,8,10,14-15,17H,5,7H2/t10-,14-,15+/m1/s1. The Morgan fingerprint density at radius 3 is 3.05 bits per heavy atom. The Bertz CT molecular complexity index is 596. The van der Waals surface area contributed by atoms with E-state index in [0.717, 1.165) is 35.1 Å². The molecule has 98 valence electrons. The number of hydrogen-bond acceptors (Lipinski definition) is 3. The summed E-state index contributed by atoms with van der Waals surface area (Å²) in [6.07, 6.45) is 2.87. The first-order valence-corrected chi connectivity index (χ1v) is 6.92. The van der Waals surface area contributed by atoms with Crippen molar-refractivity contribution in [1.82, 2.24) is 0 Å². The van der Waals surface area contributed by atoms with Crippen molar-refractivity contribution in [2.24, 2.45) is 5.92 Å². The number of benzene rings is 1. The summed E-state index contributed by atoms with van der Waals surface area (Å²) in [6, 6.07) is 10.1. The van der Waals surface area contributed by atoms with Crippen LogP contribution in [0.4, 0.5) is 5.69 Å². The summed E-state index contributed by atoms with van der Waals surface area (Å²) in [5.74, 6) is 1.37. The Morgan fingerprint density at radius 2 is 2.21 bits per heavy atom. The molecule has 0 saturated carbocycles. The van der Waals surface area contributed by atoms with Gasteiger partial charge in [-0.1, -0.05) is 11.6 Å². The van der Waals surface area contributed by atoms with Crippen LogP contribution >= 0.6 is 11.6 Å². The molecule has 0 unspecified atom stereocenters. The number of nitrogens with one attached hydrogen (secondary N) is 1. The number of rotatable bonds is 1. The van der Waals surface area contributed by atoms with Gasteiger partial charge in [-0.2, -0.15) is 0 Å². The molecule has 4 heteroatoms. The van der Waals surface area contributed by atoms with Crippen molar-refractivity contribution < 1.29 is 9.15 Å². The maximum atomic E-state index is 6.10. The summed E-state index contributed by atoms with van der Waals surface area (Å²) in [5, 5.41) is 4.32. The quantitative estimate of drug-likeness (QED) is 0.848. The Hall–Kier alpha value is -1.45. The van der Waals surface area contributed by atoms with Gasteiger partial charge in [-0.15, -0.1) is 0 Å². The Balaban J connectivity index is 1.80. The first-order chi connectivity index (χ1) is 9.33. The lowest BCUT2D eigenvalue weighted by Crippen LogP contribution is -2.28. The number of halogens is 1. The van der Waals surface area contributed by atoms with E-state index >= 15 is 0 Å². The van der Waals surface area contributed by atoms with Crippen LogP contribution in [0.2, 0.25) is 5.02 Å². The molecule has 0 spiro atoms. The van der Waals surface area contributed by atoms with Crippen LogP contribution in [-0.4, -0.2) is 6.61 Å². The molecule has 2 aliphatic heterocycles. The molecule has 3 atom stereocenters. The van der Waals surface area contributed by atoms with E-state index in [4.69, 9.17) is 20.8 Å². The predicted molar refractivity (Wildman–Crippen MR) is 73.3 cm³/mol. The summed E-state index contributed by atoms with van der Waals surface area (Å²) in [7, 11) is 0. The third kappa shape index (κ3) is 1.77. The van der Waals surface area contributed by atoms with Crippen LogP contribution in [0, 0.1) is 5.92 Å². The van der Waals surface area contributed by atoms with Crippen LogP contribution in [0.1, 0.15) is 29.9 Å². The third-order valence-corrected chi connectivity index (χ3v) is 4.28. The van der Waals surface area contributed by atoms with E-state index in [-0.39, 0.29) is 12.1 Å². The molecule has 1 aromatic carbocycles. The molecule has 1 aromatic heterocycles. The van der Waals surface area contributed by atoms with E-state index in [1.807, 2.05) is 30.3 Å². The highest BCUT2D eigenvalue weighted by Gasteiger charge is 2.42. The van der Waals surface area contributed by atoms with Crippen LogP contribution in [0.3, 0.4) is 0 Å². The molecule has 4 rings (SSSR count). The van der Waals surface area contributed by atoms with Gasteiger partial charge in [0.1, 0.15) is 5.76 Å². The van der Waals surface area contributed by atoms with Crippen LogP contribution in [0.25, 0.3) is 0 Å². The zero-order valence-corrected chi connectivity index (χ0v) is 11.1. The van der Waals surface area contributed by atoms with Crippen molar-refractivity contribution in [3.63, 3.8) is 0 Å². The number of ether oxygens (including phenoxy) is 1. The van der Waals surface area contributed by atoms with Gasteiger partial charge in [0.2, 0.25) is 0 Å². The normalized spacial score (nSPS) is 28.6. The molecular weight excluding hydrogens is 262 g/mol. The van der Waals surface area contributed by atoms with Gasteiger partial charge in [-0.3, -0.25) is 0 Å². The van der Waals surface area contributed by atoms with Gasteiger partial charge in [0, 0.05) is 28.8 Å². The van der Waals surface area contributed by atoms with E-state index in [9.17, 15) is 0 Å². The largest absolute Gasteiger partial charge is 0.467 e. The first-order valence-electron chi connectivity index (χ1n) is 6.54. The summed E-state index contributed by atoms with van der Waals surface area (Å²) in [5.41, 5.74) is 2.26. The van der Waals surface area contributed by atoms with E-state index in [1.165, 1.54) is 0 Å². The van der Waals surface area contributed by atoms with Crippen molar-refractivity contribution in [2.75, 3.05) is 11.9 Å². The van der Waals surface area contributed by atoms with E-state index in [2.05, 4.69) is 5.32 Å². The van der Waals surface area contributed by atoms with E-state index < -0.39 is 0 Å². The highest BCUT2D eigenvalue weighted by atomic mass is 35.5. The molecule has 2 aliphatic rings. The van der Waals surface area contributed by atoms with Crippen LogP contribution < -0.4 is 5.32 Å². The van der Waals surface area contributed by atoms with Crippen molar-refractivity contribution >= 4 is 17.3 Å². The molecular formula is C15H14ClNO2. The van der Waals surface area contributed by atoms with Crippen LogP contribution in [-0.2, 0) is 4.74 Å². The lowest BCUT2D eigenvalue weighted by Gasteiger charge is -2.35. The van der Waals surface area contributed by atoms with E-state index in [1.54, 1.807) is 6.26 Å². The average molecular weight is 276 g/mol. The van der Waals surface area contributed by atoms with Gasteiger partial charge >= 0.3 is 0 Å². The number of anilines is 1. The minimum absolute atomic E-state index is 0.116. The van der Waals surface area contributed by atoms with E-state index in [0.29, 0.717) is 5.92 Å². The summed E-state index contributed by atoms with van der Waals surface area (Å²) < 4.78 is 11.5. The third-order valence-electron chi connectivity index (χ3n) is 4.05. The van der Waals surface area contributed by atoms with Crippen LogP contribution in [0.5, 0.6) is 0 Å². The summed E-state index contributed by atoms with van der Waals surface area (Å²) in [6.45, 7) is 0.792. The van der Waals surface area contributed by atoms with Crippen molar-refractivity contribution in [1.29, 1.82) is 0 Å². The van der Waals surface area contributed by atoms with Gasteiger partial charge in [0.05, 0.1) is 18.4 Å².